The van der Waals surface area contributed by atoms with Gasteiger partial charge in [0.15, 0.2) is 0 Å². The maximum atomic E-state index is 12.9. The Morgan fingerprint density at radius 2 is 1.89 bits per heavy atom. The van der Waals surface area contributed by atoms with Crippen molar-refractivity contribution in [3.8, 4) is 0 Å². The molecular weight excluding hydrogens is 329 g/mol. The van der Waals surface area contributed by atoms with Crippen LogP contribution in [0.1, 0.15) is 24.1 Å². The highest BCUT2D eigenvalue weighted by Gasteiger charge is 2.07. The van der Waals surface area contributed by atoms with Gasteiger partial charge >= 0.3 is 0 Å². The van der Waals surface area contributed by atoms with Crippen molar-refractivity contribution < 1.29 is 4.39 Å². The van der Waals surface area contributed by atoms with Gasteiger partial charge in [-0.05, 0) is 48.4 Å². The number of rotatable bonds is 4. The number of hydrogen-bond donors (Lipinski definition) is 1. The predicted octanol–water partition coefficient (Wildman–Crippen LogP) is 5.09. The van der Waals surface area contributed by atoms with Crippen molar-refractivity contribution >= 4 is 27.5 Å². The predicted molar refractivity (Wildman–Crippen MR) is 80.8 cm³/mol. The Hall–Kier alpha value is -0.900. The van der Waals surface area contributed by atoms with E-state index in [1.807, 2.05) is 25.1 Å². The first-order valence-electron chi connectivity index (χ1n) is 5.99. The smallest absolute Gasteiger partial charge is 0.123 e. The van der Waals surface area contributed by atoms with Crippen LogP contribution in [-0.4, -0.2) is 0 Å². The molecule has 0 spiro atoms. The molecule has 1 nitrogen and oxygen atoms in total. The molecule has 4 heteroatoms. The molecule has 0 aliphatic heterocycles. The monoisotopic (exact) mass is 341 g/mol. The average molecular weight is 343 g/mol. The van der Waals surface area contributed by atoms with Crippen LogP contribution < -0.4 is 5.32 Å². The lowest BCUT2D eigenvalue weighted by Gasteiger charge is -2.15. The standard InChI is InChI=1S/C15H14BrClFN/c1-10(11-2-5-14(18)6-3-11)19-9-12-8-13(16)4-7-15(12)17/h2-8,10,19H,9H2,1H3/t10-/m1/s1. The highest BCUT2D eigenvalue weighted by Crippen LogP contribution is 2.22. The molecule has 2 rings (SSSR count). The van der Waals surface area contributed by atoms with Crippen molar-refractivity contribution in [1.29, 1.82) is 0 Å². The summed E-state index contributed by atoms with van der Waals surface area (Å²) >= 11 is 9.56. The molecule has 0 unspecified atom stereocenters. The van der Waals surface area contributed by atoms with E-state index in [0.29, 0.717) is 6.54 Å². The van der Waals surface area contributed by atoms with E-state index in [9.17, 15) is 4.39 Å². The molecular formula is C15H14BrClFN. The molecule has 0 aromatic heterocycles. The molecule has 0 saturated carbocycles. The van der Waals surface area contributed by atoms with Gasteiger partial charge in [-0.25, -0.2) is 4.39 Å². The number of nitrogens with one attached hydrogen (secondary N) is 1. The lowest BCUT2D eigenvalue weighted by molar-refractivity contribution is 0.571. The highest BCUT2D eigenvalue weighted by atomic mass is 79.9. The van der Waals surface area contributed by atoms with Gasteiger partial charge in [0.05, 0.1) is 0 Å². The molecule has 1 atom stereocenters. The lowest BCUT2D eigenvalue weighted by atomic mass is 10.1. The summed E-state index contributed by atoms with van der Waals surface area (Å²) in [4.78, 5) is 0. The quantitative estimate of drug-likeness (QED) is 0.816. The molecule has 19 heavy (non-hydrogen) atoms. The number of benzene rings is 2. The molecule has 0 aliphatic rings. The molecule has 0 amide bonds. The third-order valence-corrected chi connectivity index (χ3v) is 3.84. The van der Waals surface area contributed by atoms with Gasteiger partial charge in [-0.3, -0.25) is 0 Å². The van der Waals surface area contributed by atoms with Gasteiger partial charge in [0.2, 0.25) is 0 Å². The van der Waals surface area contributed by atoms with Crippen LogP contribution in [0.5, 0.6) is 0 Å². The molecule has 0 fully saturated rings. The Morgan fingerprint density at radius 1 is 1.21 bits per heavy atom. The summed E-state index contributed by atoms with van der Waals surface area (Å²) in [5, 5.41) is 4.11. The highest BCUT2D eigenvalue weighted by molar-refractivity contribution is 9.10. The Morgan fingerprint density at radius 3 is 2.58 bits per heavy atom. The first-order chi connectivity index (χ1) is 9.06. The number of hydrogen-bond acceptors (Lipinski definition) is 1. The van der Waals surface area contributed by atoms with Gasteiger partial charge in [-0.2, -0.15) is 0 Å². The maximum Gasteiger partial charge on any atom is 0.123 e. The summed E-state index contributed by atoms with van der Waals surface area (Å²) in [6, 6.07) is 12.4. The second-order valence-corrected chi connectivity index (χ2v) is 5.71. The zero-order valence-electron chi connectivity index (χ0n) is 10.5. The third-order valence-electron chi connectivity index (χ3n) is 2.98. The lowest BCUT2D eigenvalue weighted by Crippen LogP contribution is -2.18. The fraction of sp³-hybridized carbons (Fsp3) is 0.200. The Balaban J connectivity index is 2.02. The van der Waals surface area contributed by atoms with Crippen LogP contribution in [0.15, 0.2) is 46.9 Å². The molecule has 0 aliphatic carbocycles. The largest absolute Gasteiger partial charge is 0.306 e. The third kappa shape index (κ3) is 4.03. The summed E-state index contributed by atoms with van der Waals surface area (Å²) in [6.45, 7) is 2.70. The van der Waals surface area contributed by atoms with Gasteiger partial charge in [0.25, 0.3) is 0 Å². The van der Waals surface area contributed by atoms with E-state index in [2.05, 4.69) is 21.2 Å². The molecule has 0 saturated heterocycles. The molecule has 1 N–H and O–H groups in total. The van der Waals surface area contributed by atoms with Gasteiger partial charge in [-0.15, -0.1) is 0 Å². The SMILES string of the molecule is C[C@@H](NCc1cc(Br)ccc1Cl)c1ccc(F)cc1. The molecule has 2 aromatic rings. The van der Waals surface area contributed by atoms with Gasteiger partial charge in [-0.1, -0.05) is 39.7 Å². The summed E-state index contributed by atoms with van der Waals surface area (Å²) < 4.78 is 13.9. The van der Waals surface area contributed by atoms with E-state index >= 15 is 0 Å². The minimum absolute atomic E-state index is 0.135. The Labute approximate surface area is 125 Å². The van der Waals surface area contributed by atoms with Crippen LogP contribution >= 0.6 is 27.5 Å². The summed E-state index contributed by atoms with van der Waals surface area (Å²) in [6.07, 6.45) is 0. The van der Waals surface area contributed by atoms with Crippen LogP contribution in [-0.2, 0) is 6.54 Å². The summed E-state index contributed by atoms with van der Waals surface area (Å²) in [5.41, 5.74) is 2.08. The zero-order chi connectivity index (χ0) is 13.8. The topological polar surface area (TPSA) is 12.0 Å². The molecule has 0 radical (unpaired) electrons. The molecule has 100 valence electrons. The van der Waals surface area contributed by atoms with E-state index in [1.165, 1.54) is 12.1 Å². The van der Waals surface area contributed by atoms with Crippen molar-refractivity contribution in [3.05, 3.63) is 68.9 Å². The summed E-state index contributed by atoms with van der Waals surface area (Å²) in [5.74, 6) is -0.217. The van der Waals surface area contributed by atoms with E-state index in [4.69, 9.17) is 11.6 Å². The van der Waals surface area contributed by atoms with Gasteiger partial charge in [0, 0.05) is 22.1 Å². The Bertz CT molecular complexity index is 557. The fourth-order valence-corrected chi connectivity index (χ4v) is 2.40. The zero-order valence-corrected chi connectivity index (χ0v) is 12.8. The van der Waals surface area contributed by atoms with Crippen LogP contribution in [0.4, 0.5) is 4.39 Å². The van der Waals surface area contributed by atoms with Crippen LogP contribution in [0, 0.1) is 5.82 Å². The van der Waals surface area contributed by atoms with Crippen molar-refractivity contribution in [1.82, 2.24) is 5.32 Å². The van der Waals surface area contributed by atoms with Crippen LogP contribution in [0.3, 0.4) is 0 Å². The van der Waals surface area contributed by atoms with Crippen LogP contribution in [0.2, 0.25) is 5.02 Å². The second-order valence-electron chi connectivity index (χ2n) is 4.39. The minimum atomic E-state index is -0.217. The van der Waals surface area contributed by atoms with E-state index in [0.717, 1.165) is 20.6 Å². The maximum absolute atomic E-state index is 12.9. The van der Waals surface area contributed by atoms with E-state index in [1.54, 1.807) is 12.1 Å². The van der Waals surface area contributed by atoms with E-state index in [-0.39, 0.29) is 11.9 Å². The summed E-state index contributed by atoms with van der Waals surface area (Å²) in [7, 11) is 0. The number of halogens is 3. The molecule has 0 bridgehead atoms. The van der Waals surface area contributed by atoms with Crippen molar-refractivity contribution in [2.24, 2.45) is 0 Å². The molecule has 2 aromatic carbocycles. The van der Waals surface area contributed by atoms with Crippen molar-refractivity contribution in [3.63, 3.8) is 0 Å². The van der Waals surface area contributed by atoms with Gasteiger partial charge in [0.1, 0.15) is 5.82 Å². The van der Waals surface area contributed by atoms with Crippen molar-refractivity contribution in [2.75, 3.05) is 0 Å². The fourth-order valence-electron chi connectivity index (χ4n) is 1.81. The van der Waals surface area contributed by atoms with Crippen molar-refractivity contribution in [2.45, 2.75) is 19.5 Å². The minimum Gasteiger partial charge on any atom is -0.306 e. The second kappa shape index (κ2) is 6.51. The average Bonchev–Trinajstić information content (AvgIpc) is 2.40. The first kappa shape index (κ1) is 14.5. The van der Waals surface area contributed by atoms with Gasteiger partial charge < -0.3 is 5.32 Å². The van der Waals surface area contributed by atoms with E-state index < -0.39 is 0 Å². The Kier molecular flexibility index (Phi) is 4.97. The first-order valence-corrected chi connectivity index (χ1v) is 7.16. The van der Waals surface area contributed by atoms with Crippen LogP contribution in [0.25, 0.3) is 0 Å². The normalized spacial score (nSPS) is 12.4. The molecule has 0 heterocycles.